The Morgan fingerprint density at radius 3 is 2.43 bits per heavy atom. The van der Waals surface area contributed by atoms with Crippen molar-refractivity contribution in [2.24, 2.45) is 0 Å². The smallest absolute Gasteiger partial charge is 0.138 e. The number of aromatic amines is 1. The van der Waals surface area contributed by atoms with E-state index in [0.717, 1.165) is 65.8 Å². The average Bonchev–Trinajstić information content (AvgIpc) is 3.42. The van der Waals surface area contributed by atoms with Crippen LogP contribution in [0.1, 0.15) is 41.9 Å². The van der Waals surface area contributed by atoms with Crippen LogP contribution >= 0.6 is 11.3 Å². The number of rotatable bonds is 6. The van der Waals surface area contributed by atoms with E-state index in [0.29, 0.717) is 6.61 Å². The number of thiazole rings is 1. The van der Waals surface area contributed by atoms with Crippen molar-refractivity contribution in [1.29, 1.82) is 0 Å². The van der Waals surface area contributed by atoms with E-state index in [4.69, 9.17) is 9.72 Å². The fraction of sp³-hybridized carbons (Fsp3) is 0.429. The molecule has 4 aromatic rings. The maximum atomic E-state index is 5.25. The summed E-state index contributed by atoms with van der Waals surface area (Å²) in [4.78, 5) is 19.6. The zero-order valence-corrected chi connectivity index (χ0v) is 22.2. The average molecular weight is 490 g/mol. The molecule has 0 atom stereocenters. The number of H-pyrrole nitrogens is 1. The minimum absolute atomic E-state index is 0.145. The summed E-state index contributed by atoms with van der Waals surface area (Å²) in [6, 6.07) is 15.2. The topological polar surface area (TPSA) is 57.3 Å². The number of anilines is 1. The van der Waals surface area contributed by atoms with Gasteiger partial charge in [0.25, 0.3) is 0 Å². The van der Waals surface area contributed by atoms with Crippen molar-refractivity contribution in [3.8, 4) is 11.4 Å². The predicted molar refractivity (Wildman–Crippen MR) is 145 cm³/mol. The van der Waals surface area contributed by atoms with E-state index in [2.05, 4.69) is 89.9 Å². The van der Waals surface area contributed by atoms with Crippen molar-refractivity contribution in [2.75, 3.05) is 38.2 Å². The van der Waals surface area contributed by atoms with Gasteiger partial charge in [0.15, 0.2) is 0 Å². The monoisotopic (exact) mass is 489 g/mol. The number of fused-ring (bicyclic) bond motifs is 1. The van der Waals surface area contributed by atoms with Crippen LogP contribution in [0.5, 0.6) is 0 Å². The van der Waals surface area contributed by atoms with Gasteiger partial charge in [-0.25, -0.2) is 9.97 Å². The van der Waals surface area contributed by atoms with Gasteiger partial charge in [0, 0.05) is 50.3 Å². The van der Waals surface area contributed by atoms with Gasteiger partial charge in [-0.3, -0.25) is 4.90 Å². The number of methoxy groups -OCH3 is 1. The van der Waals surface area contributed by atoms with Crippen molar-refractivity contribution < 1.29 is 4.74 Å². The number of imidazole rings is 1. The largest absolute Gasteiger partial charge is 0.378 e. The number of hydrogen-bond donors (Lipinski definition) is 1. The maximum absolute atomic E-state index is 5.25. The molecular formula is C28H35N5OS. The summed E-state index contributed by atoms with van der Waals surface area (Å²) in [5.74, 6) is 0.930. The number of nitrogens with one attached hydrogen (secondary N) is 1. The van der Waals surface area contributed by atoms with Crippen LogP contribution in [0.3, 0.4) is 0 Å². The predicted octanol–water partition coefficient (Wildman–Crippen LogP) is 5.76. The molecule has 0 amide bonds. The van der Waals surface area contributed by atoms with E-state index in [1.807, 2.05) is 0 Å². The lowest BCUT2D eigenvalue weighted by Crippen LogP contribution is -2.46. The molecule has 35 heavy (non-hydrogen) atoms. The number of nitrogens with zero attached hydrogens (tertiary/aromatic N) is 4. The molecule has 7 heteroatoms. The molecule has 5 rings (SSSR count). The zero-order valence-electron chi connectivity index (χ0n) is 21.4. The molecule has 0 unspecified atom stereocenters. The second-order valence-corrected chi connectivity index (χ2v) is 11.6. The van der Waals surface area contributed by atoms with Gasteiger partial charge in [0.05, 0.1) is 23.5 Å². The Kier molecular flexibility index (Phi) is 6.66. The lowest BCUT2D eigenvalue weighted by Gasteiger charge is -2.36. The van der Waals surface area contributed by atoms with Crippen molar-refractivity contribution in [1.82, 2.24) is 19.9 Å². The number of ether oxygens (including phenoxy) is 1. The highest BCUT2D eigenvalue weighted by Gasteiger charge is 2.22. The minimum atomic E-state index is 0.145. The van der Waals surface area contributed by atoms with E-state index in [1.165, 1.54) is 16.1 Å². The third kappa shape index (κ3) is 5.13. The molecule has 0 bridgehead atoms. The number of benzene rings is 2. The number of aryl methyl sites for hydroxylation is 1. The van der Waals surface area contributed by atoms with Crippen molar-refractivity contribution in [2.45, 2.75) is 46.3 Å². The molecule has 0 saturated carbocycles. The third-order valence-corrected chi connectivity index (χ3v) is 7.92. The molecule has 3 heterocycles. The molecule has 2 aromatic heterocycles. The molecule has 1 saturated heterocycles. The van der Waals surface area contributed by atoms with Gasteiger partial charge in [-0.1, -0.05) is 51.1 Å². The first-order chi connectivity index (χ1) is 16.8. The summed E-state index contributed by atoms with van der Waals surface area (Å²) < 4.78 is 5.25. The Balaban J connectivity index is 1.30. The quantitative estimate of drug-likeness (QED) is 0.373. The summed E-state index contributed by atoms with van der Waals surface area (Å²) in [5.41, 5.74) is 7.09. The standard InChI is InChI=1S/C28H35N5OS/c1-19-24(35-25(29-19)18-34-5)17-32-13-15-33(16-14-32)23-8-6-7-22-26(23)31-27(30-22)20-9-11-21(12-10-20)28(2,3)4/h6-12H,13-18H2,1-5H3,(H,30,31). The number of hydrogen-bond acceptors (Lipinski definition) is 6. The summed E-state index contributed by atoms with van der Waals surface area (Å²) >= 11 is 1.77. The lowest BCUT2D eigenvalue weighted by molar-refractivity contribution is 0.184. The summed E-state index contributed by atoms with van der Waals surface area (Å²) in [6.45, 7) is 14.4. The van der Waals surface area contributed by atoms with E-state index in [1.54, 1.807) is 18.4 Å². The van der Waals surface area contributed by atoms with Crippen molar-refractivity contribution in [3.63, 3.8) is 0 Å². The Hall–Kier alpha value is -2.74. The first-order valence-electron chi connectivity index (χ1n) is 12.3. The van der Waals surface area contributed by atoms with Gasteiger partial charge in [0.1, 0.15) is 16.3 Å². The highest BCUT2D eigenvalue weighted by Crippen LogP contribution is 2.31. The molecule has 1 fully saturated rings. The molecule has 0 spiro atoms. The SMILES string of the molecule is COCc1nc(C)c(CN2CCN(c3cccc4[nH]c(-c5ccc(C(C)(C)C)cc5)nc34)CC2)s1. The summed E-state index contributed by atoms with van der Waals surface area (Å²) in [6.07, 6.45) is 0. The molecule has 0 radical (unpaired) electrons. The molecule has 6 nitrogen and oxygen atoms in total. The Bertz CT molecular complexity index is 1290. The Labute approximate surface area is 212 Å². The first kappa shape index (κ1) is 24.0. The Morgan fingerprint density at radius 1 is 1.00 bits per heavy atom. The van der Waals surface area contributed by atoms with Crippen LogP contribution in [0.2, 0.25) is 0 Å². The van der Waals surface area contributed by atoms with Gasteiger partial charge in [-0.05, 0) is 30.0 Å². The van der Waals surface area contributed by atoms with E-state index >= 15 is 0 Å². The second kappa shape index (κ2) is 9.72. The van der Waals surface area contributed by atoms with Crippen LogP contribution in [-0.4, -0.2) is 53.1 Å². The minimum Gasteiger partial charge on any atom is -0.378 e. The van der Waals surface area contributed by atoms with Crippen molar-refractivity contribution >= 4 is 28.1 Å². The zero-order chi connectivity index (χ0) is 24.6. The van der Waals surface area contributed by atoms with Crippen LogP contribution in [0.25, 0.3) is 22.4 Å². The van der Waals surface area contributed by atoms with Crippen LogP contribution in [0.15, 0.2) is 42.5 Å². The van der Waals surface area contributed by atoms with Crippen LogP contribution < -0.4 is 4.90 Å². The van der Waals surface area contributed by atoms with Crippen molar-refractivity contribution in [3.05, 3.63) is 63.6 Å². The molecule has 184 valence electrons. The third-order valence-electron chi connectivity index (χ3n) is 6.80. The highest BCUT2D eigenvalue weighted by atomic mass is 32.1. The van der Waals surface area contributed by atoms with E-state index < -0.39 is 0 Å². The van der Waals surface area contributed by atoms with Crippen LogP contribution in [0.4, 0.5) is 5.69 Å². The molecule has 2 aromatic carbocycles. The fourth-order valence-electron chi connectivity index (χ4n) is 4.71. The number of para-hydroxylation sites is 1. The summed E-state index contributed by atoms with van der Waals surface area (Å²) in [7, 11) is 1.72. The van der Waals surface area contributed by atoms with E-state index in [-0.39, 0.29) is 5.41 Å². The van der Waals surface area contributed by atoms with E-state index in [9.17, 15) is 0 Å². The van der Waals surface area contributed by atoms with Crippen LogP contribution in [0, 0.1) is 6.92 Å². The van der Waals surface area contributed by atoms with Gasteiger partial charge in [0.2, 0.25) is 0 Å². The number of piperazine rings is 1. The normalized spacial score (nSPS) is 15.3. The molecule has 0 aliphatic carbocycles. The van der Waals surface area contributed by atoms with Gasteiger partial charge in [-0.15, -0.1) is 11.3 Å². The molecule has 1 aliphatic heterocycles. The molecule has 1 aliphatic rings. The van der Waals surface area contributed by atoms with Crippen LogP contribution in [-0.2, 0) is 23.3 Å². The lowest BCUT2D eigenvalue weighted by atomic mass is 9.87. The first-order valence-corrected chi connectivity index (χ1v) is 13.1. The molecule has 1 N–H and O–H groups in total. The maximum Gasteiger partial charge on any atom is 0.138 e. The van der Waals surface area contributed by atoms with Gasteiger partial charge in [-0.2, -0.15) is 0 Å². The van der Waals surface area contributed by atoms with Gasteiger partial charge >= 0.3 is 0 Å². The highest BCUT2D eigenvalue weighted by molar-refractivity contribution is 7.11. The second-order valence-electron chi connectivity index (χ2n) is 10.4. The summed E-state index contributed by atoms with van der Waals surface area (Å²) in [5, 5.41) is 1.06. The Morgan fingerprint density at radius 2 is 1.74 bits per heavy atom. The fourth-order valence-corrected chi connectivity index (χ4v) is 5.79. The number of aromatic nitrogens is 3. The molecular weight excluding hydrogens is 454 g/mol. The van der Waals surface area contributed by atoms with Gasteiger partial charge < -0.3 is 14.6 Å².